The molecule has 0 aliphatic carbocycles. The van der Waals surface area contributed by atoms with Crippen LogP contribution in [-0.4, -0.2) is 23.9 Å². The Bertz CT molecular complexity index is 722. The van der Waals surface area contributed by atoms with Crippen LogP contribution in [0, 0.1) is 20.8 Å². The predicted octanol–water partition coefficient (Wildman–Crippen LogP) is 4.35. The van der Waals surface area contributed by atoms with E-state index < -0.39 is 7.60 Å². The summed E-state index contributed by atoms with van der Waals surface area (Å²) in [6, 6.07) is 4.40. The predicted molar refractivity (Wildman–Crippen MR) is 101 cm³/mol. The molecule has 0 N–H and O–H groups in total. The van der Waals surface area contributed by atoms with Gasteiger partial charge < -0.3 is 9.05 Å². The van der Waals surface area contributed by atoms with Gasteiger partial charge in [-0.25, -0.2) is 9.13 Å². The van der Waals surface area contributed by atoms with Gasteiger partial charge >= 0.3 is 7.60 Å². The summed E-state index contributed by atoms with van der Waals surface area (Å²) in [4.78, 5) is 0. The summed E-state index contributed by atoms with van der Waals surface area (Å²) in [5.74, 6) is 0. The van der Waals surface area contributed by atoms with Crippen LogP contribution < -0.4 is 4.57 Å². The molecule has 0 fully saturated rings. The van der Waals surface area contributed by atoms with Crippen molar-refractivity contribution in [2.45, 2.75) is 47.6 Å². The summed E-state index contributed by atoms with van der Waals surface area (Å²) in [5.41, 5.74) is 5.02. The van der Waals surface area contributed by atoms with E-state index in [0.717, 1.165) is 13.0 Å². The van der Waals surface area contributed by atoms with Gasteiger partial charge in [0.1, 0.15) is 18.1 Å². The molecule has 0 amide bonds. The number of hydrogen-bond acceptors (Lipinski definition) is 3. The van der Waals surface area contributed by atoms with Crippen molar-refractivity contribution in [1.29, 1.82) is 0 Å². The van der Waals surface area contributed by atoms with Crippen molar-refractivity contribution in [2.75, 3.05) is 19.4 Å². The maximum absolute atomic E-state index is 12.5. The molecule has 0 bridgehead atoms. The van der Waals surface area contributed by atoms with Crippen LogP contribution in [0.1, 0.15) is 37.0 Å². The maximum Gasteiger partial charge on any atom is 0.330 e. The van der Waals surface area contributed by atoms with Crippen LogP contribution in [0.2, 0.25) is 0 Å². The highest BCUT2D eigenvalue weighted by atomic mass is 31.2. The quantitative estimate of drug-likeness (QED) is 0.490. The average Bonchev–Trinajstić information content (AvgIpc) is 2.95. The Labute approximate surface area is 151 Å². The summed E-state index contributed by atoms with van der Waals surface area (Å²) in [6.45, 7) is 11.7. The Morgan fingerprint density at radius 3 is 2.24 bits per heavy atom. The molecule has 2 aromatic rings. The Balaban J connectivity index is 2.04. The van der Waals surface area contributed by atoms with Gasteiger partial charge in [-0.1, -0.05) is 17.7 Å². The molecule has 0 spiro atoms. The van der Waals surface area contributed by atoms with Crippen molar-refractivity contribution in [2.24, 2.45) is 0 Å². The van der Waals surface area contributed by atoms with E-state index in [9.17, 15) is 4.57 Å². The van der Waals surface area contributed by atoms with E-state index in [4.69, 9.17) is 9.05 Å². The van der Waals surface area contributed by atoms with Gasteiger partial charge in [-0.05, 0) is 52.2 Å². The number of aryl methyl sites for hydroxylation is 4. The molecule has 0 atom stereocenters. The number of nitrogens with zero attached hydrogens (tertiary/aromatic N) is 2. The summed E-state index contributed by atoms with van der Waals surface area (Å²) >= 11 is 0. The Hall–Kier alpha value is -1.42. The summed E-state index contributed by atoms with van der Waals surface area (Å²) in [7, 11) is -2.95. The Kier molecular flexibility index (Phi) is 7.00. The van der Waals surface area contributed by atoms with Crippen LogP contribution in [0.15, 0.2) is 30.9 Å². The normalized spacial score (nSPS) is 11.9. The van der Waals surface area contributed by atoms with Crippen LogP contribution in [0.5, 0.6) is 0 Å². The first-order chi connectivity index (χ1) is 11.9. The molecule has 0 saturated heterocycles. The van der Waals surface area contributed by atoms with E-state index in [0.29, 0.717) is 19.4 Å². The number of rotatable bonds is 9. The van der Waals surface area contributed by atoms with E-state index in [1.165, 1.54) is 22.4 Å². The minimum absolute atomic E-state index is 0.409. The van der Waals surface area contributed by atoms with Gasteiger partial charge in [0.25, 0.3) is 0 Å². The van der Waals surface area contributed by atoms with Gasteiger partial charge in [0.05, 0.1) is 25.9 Å². The third-order valence-corrected chi connectivity index (χ3v) is 6.25. The maximum atomic E-state index is 12.5. The standard InChI is InChI=1S/C19H30N2O3P/c1-6-23-25(22,24-7-2)12-8-9-20-10-11-21(15-20)19-17(4)13-16(3)14-18(19)5/h10-11,13-15H,6-9,12H2,1-5H3/q+1. The van der Waals surface area contributed by atoms with Crippen molar-refractivity contribution >= 4 is 7.60 Å². The number of benzene rings is 1. The molecule has 2 rings (SSSR count). The molecule has 1 heterocycles. The first-order valence-corrected chi connectivity index (χ1v) is 10.6. The molecular weight excluding hydrogens is 335 g/mol. The fraction of sp³-hybridized carbons (Fsp3) is 0.526. The smallest absolute Gasteiger partial charge is 0.309 e. The van der Waals surface area contributed by atoms with E-state index in [1.54, 1.807) is 0 Å². The molecule has 6 heteroatoms. The van der Waals surface area contributed by atoms with Gasteiger partial charge in [0.2, 0.25) is 6.33 Å². The first-order valence-electron chi connectivity index (χ1n) is 8.92. The van der Waals surface area contributed by atoms with Gasteiger partial charge in [-0.15, -0.1) is 0 Å². The summed E-state index contributed by atoms with van der Waals surface area (Å²) in [6.07, 6.45) is 7.38. The van der Waals surface area contributed by atoms with Crippen LogP contribution in [-0.2, 0) is 20.2 Å². The third kappa shape index (κ3) is 5.27. The number of imidazole rings is 1. The average molecular weight is 365 g/mol. The SMILES string of the molecule is CCOP(=O)(CCC[n+]1ccn(-c2c(C)cc(C)cc2C)c1)OCC. The van der Waals surface area contributed by atoms with E-state index in [1.807, 2.05) is 20.0 Å². The van der Waals surface area contributed by atoms with Crippen molar-refractivity contribution in [1.82, 2.24) is 4.57 Å². The van der Waals surface area contributed by atoms with Crippen molar-refractivity contribution in [3.8, 4) is 5.69 Å². The minimum atomic E-state index is -2.95. The molecule has 0 saturated carbocycles. The largest absolute Gasteiger partial charge is 0.330 e. The second kappa shape index (κ2) is 8.79. The number of hydrogen-bond donors (Lipinski definition) is 0. The van der Waals surface area contributed by atoms with Crippen molar-refractivity contribution in [3.05, 3.63) is 47.5 Å². The van der Waals surface area contributed by atoms with Crippen LogP contribution in [0.25, 0.3) is 5.69 Å². The lowest BCUT2D eigenvalue weighted by Crippen LogP contribution is -2.31. The van der Waals surface area contributed by atoms with Crippen LogP contribution >= 0.6 is 7.60 Å². The fourth-order valence-corrected chi connectivity index (χ4v) is 4.89. The van der Waals surface area contributed by atoms with E-state index in [2.05, 4.69) is 54.6 Å². The molecule has 1 aromatic carbocycles. The summed E-state index contributed by atoms with van der Waals surface area (Å²) in [5, 5.41) is 0. The fourth-order valence-electron chi connectivity index (χ4n) is 3.25. The van der Waals surface area contributed by atoms with Crippen molar-refractivity contribution in [3.63, 3.8) is 0 Å². The van der Waals surface area contributed by atoms with Gasteiger partial charge in [-0.3, -0.25) is 4.57 Å². The van der Waals surface area contributed by atoms with E-state index >= 15 is 0 Å². The lowest BCUT2D eigenvalue weighted by Gasteiger charge is -2.16. The zero-order chi connectivity index (χ0) is 18.4. The van der Waals surface area contributed by atoms with E-state index in [-0.39, 0.29) is 0 Å². The highest BCUT2D eigenvalue weighted by molar-refractivity contribution is 7.53. The summed E-state index contributed by atoms with van der Waals surface area (Å²) < 4.78 is 27.4. The molecule has 0 aliphatic heterocycles. The van der Waals surface area contributed by atoms with Crippen LogP contribution in [0.4, 0.5) is 0 Å². The molecule has 138 valence electrons. The molecule has 25 heavy (non-hydrogen) atoms. The zero-order valence-corrected chi connectivity index (χ0v) is 16.9. The van der Waals surface area contributed by atoms with Crippen molar-refractivity contribution < 1.29 is 18.2 Å². The minimum Gasteiger partial charge on any atom is -0.309 e. The lowest BCUT2D eigenvalue weighted by atomic mass is 10.1. The van der Waals surface area contributed by atoms with Gasteiger partial charge in [-0.2, -0.15) is 0 Å². The Morgan fingerprint density at radius 1 is 1.08 bits per heavy atom. The molecule has 1 aromatic heterocycles. The molecule has 0 aliphatic rings. The molecule has 0 unspecified atom stereocenters. The first kappa shape index (κ1) is 19.9. The van der Waals surface area contributed by atoms with Gasteiger partial charge in [0.15, 0.2) is 0 Å². The molecular formula is C19H30N2O3P+. The highest BCUT2D eigenvalue weighted by Crippen LogP contribution is 2.48. The highest BCUT2D eigenvalue weighted by Gasteiger charge is 2.23. The third-order valence-electron chi connectivity index (χ3n) is 4.08. The monoisotopic (exact) mass is 365 g/mol. The van der Waals surface area contributed by atoms with Crippen LogP contribution in [0.3, 0.4) is 0 Å². The second-order valence-corrected chi connectivity index (χ2v) is 8.52. The topological polar surface area (TPSA) is 44.3 Å². The second-order valence-electron chi connectivity index (χ2n) is 6.33. The van der Waals surface area contributed by atoms with Gasteiger partial charge in [0, 0.05) is 0 Å². The zero-order valence-electron chi connectivity index (χ0n) is 16.0. The Morgan fingerprint density at radius 2 is 1.68 bits per heavy atom. The number of aromatic nitrogens is 2. The molecule has 5 nitrogen and oxygen atoms in total. The lowest BCUT2D eigenvalue weighted by molar-refractivity contribution is -0.696. The molecule has 0 radical (unpaired) electrons.